The first-order chi connectivity index (χ1) is 5.86. The van der Waals surface area contributed by atoms with E-state index in [9.17, 15) is 0 Å². The third kappa shape index (κ3) is 5.67. The largest absolute Gasteiger partial charge is 1.00 e. The second-order valence-corrected chi connectivity index (χ2v) is 2.28. The zero-order valence-corrected chi connectivity index (χ0v) is 19.5. The summed E-state index contributed by atoms with van der Waals surface area (Å²) in [6.07, 6.45) is 0. The predicted molar refractivity (Wildman–Crippen MR) is 48.1 cm³/mol. The summed E-state index contributed by atoms with van der Waals surface area (Å²) in [5.41, 5.74) is 1.18. The van der Waals surface area contributed by atoms with E-state index in [2.05, 4.69) is 0 Å². The molecule has 0 N–H and O–H groups in total. The summed E-state index contributed by atoms with van der Waals surface area (Å²) in [5.74, 6) is 1.60. The minimum absolute atomic E-state index is 0. The molecule has 0 atom stereocenters. The molecule has 0 aromatic heterocycles. The van der Waals surface area contributed by atoms with E-state index in [0.717, 1.165) is 11.5 Å². The van der Waals surface area contributed by atoms with Crippen LogP contribution < -0.4 is 126 Å². The number of fused-ring (bicyclic) bond motifs is 1. The Labute approximate surface area is 184 Å². The monoisotopic (exact) mass is 335 g/mol. The van der Waals surface area contributed by atoms with E-state index in [1.54, 1.807) is 0 Å². The summed E-state index contributed by atoms with van der Waals surface area (Å²) in [6.45, 7) is 7.35. The number of hydrogen-bond acceptors (Lipinski definition) is 2. The van der Waals surface area contributed by atoms with Crippen LogP contribution in [-0.4, -0.2) is 0 Å². The molecule has 0 spiro atoms. The average molecular weight is 336 g/mol. The van der Waals surface area contributed by atoms with Crippen LogP contribution in [0.25, 0.3) is 0 Å². The molecular formula is C10H13O2Rb2+. The Hall–Kier alpha value is 2.43. The van der Waals surface area contributed by atoms with Crippen molar-refractivity contribution in [3.8, 4) is 11.5 Å². The molecule has 0 unspecified atom stereocenters. The summed E-state index contributed by atoms with van der Waals surface area (Å²) in [5, 5.41) is 0. The fraction of sp³-hybridized carbons (Fsp3) is 0.300. The molecule has 0 bridgehead atoms. The van der Waals surface area contributed by atoms with E-state index in [1.807, 2.05) is 39.0 Å². The van der Waals surface area contributed by atoms with Gasteiger partial charge in [-0.05, 0) is 24.6 Å². The zero-order valence-electron chi connectivity index (χ0n) is 9.63. The van der Waals surface area contributed by atoms with Gasteiger partial charge in [0.15, 0.2) is 0 Å². The molecule has 0 saturated heterocycles. The first-order valence-corrected chi connectivity index (χ1v) is 4.12. The molecule has 2 nitrogen and oxygen atoms in total. The third-order valence-corrected chi connectivity index (χ3v) is 1.45. The van der Waals surface area contributed by atoms with Gasteiger partial charge in [-0.1, -0.05) is 19.9 Å². The standard InChI is InChI=1S/C8H7O2.C2H6.2Rb/c1-6-2-3-7-8(4-6)10-5-9-7;1-2;;/h2-5H,1H3;1-2H3;;/q-1;;2*+1. The third-order valence-electron chi connectivity index (χ3n) is 1.45. The fourth-order valence-electron chi connectivity index (χ4n) is 0.932. The van der Waals surface area contributed by atoms with Crippen molar-refractivity contribution >= 4 is 0 Å². The Morgan fingerprint density at radius 1 is 1.00 bits per heavy atom. The van der Waals surface area contributed by atoms with Crippen LogP contribution in [0.15, 0.2) is 18.2 Å². The quantitative estimate of drug-likeness (QED) is 0.468. The van der Waals surface area contributed by atoms with Crippen molar-refractivity contribution in [1.29, 1.82) is 0 Å². The van der Waals surface area contributed by atoms with Crippen molar-refractivity contribution in [2.45, 2.75) is 20.8 Å². The Morgan fingerprint density at radius 3 is 2.21 bits per heavy atom. The van der Waals surface area contributed by atoms with Gasteiger partial charge in [-0.15, -0.1) is 0 Å². The minimum Gasteiger partial charge on any atom is -0.620 e. The van der Waals surface area contributed by atoms with Crippen LogP contribution in [0.4, 0.5) is 0 Å². The van der Waals surface area contributed by atoms with Gasteiger partial charge in [0.2, 0.25) is 0 Å². The van der Waals surface area contributed by atoms with Gasteiger partial charge in [0.1, 0.15) is 11.5 Å². The molecule has 14 heavy (non-hydrogen) atoms. The molecule has 0 saturated carbocycles. The van der Waals surface area contributed by atoms with E-state index in [1.165, 1.54) is 12.4 Å². The maximum absolute atomic E-state index is 5.03. The van der Waals surface area contributed by atoms with Gasteiger partial charge in [0, 0.05) is 6.79 Å². The van der Waals surface area contributed by atoms with Crippen LogP contribution in [0.5, 0.6) is 11.5 Å². The fourth-order valence-corrected chi connectivity index (χ4v) is 0.932. The van der Waals surface area contributed by atoms with Crippen LogP contribution in [0.3, 0.4) is 0 Å². The molecule has 0 aliphatic carbocycles. The van der Waals surface area contributed by atoms with Crippen molar-refractivity contribution in [3.63, 3.8) is 0 Å². The van der Waals surface area contributed by atoms with Crippen LogP contribution in [0.1, 0.15) is 19.4 Å². The molecule has 1 heterocycles. The van der Waals surface area contributed by atoms with E-state index >= 15 is 0 Å². The first kappa shape index (κ1) is 18.8. The average Bonchev–Trinajstić information content (AvgIpc) is 2.54. The molecule has 66 valence electrons. The van der Waals surface area contributed by atoms with E-state index < -0.39 is 0 Å². The number of rotatable bonds is 0. The van der Waals surface area contributed by atoms with Crippen molar-refractivity contribution in [3.05, 3.63) is 30.6 Å². The van der Waals surface area contributed by atoms with Gasteiger partial charge in [-0.3, -0.25) is 0 Å². The molecule has 1 aliphatic heterocycles. The zero-order chi connectivity index (χ0) is 8.97. The van der Waals surface area contributed by atoms with Gasteiger partial charge in [-0.2, -0.15) is 0 Å². The van der Waals surface area contributed by atoms with Crippen molar-refractivity contribution < 1.29 is 126 Å². The Bertz CT molecular complexity index is 264. The molecule has 2 rings (SSSR count). The number of aryl methyl sites for hydroxylation is 1. The molecule has 1 aromatic carbocycles. The van der Waals surface area contributed by atoms with Crippen molar-refractivity contribution in [1.82, 2.24) is 0 Å². The van der Waals surface area contributed by atoms with E-state index in [4.69, 9.17) is 9.47 Å². The van der Waals surface area contributed by atoms with Crippen LogP contribution in [0, 0.1) is 13.7 Å². The van der Waals surface area contributed by atoms with Crippen LogP contribution in [0.2, 0.25) is 0 Å². The van der Waals surface area contributed by atoms with Gasteiger partial charge >= 0.3 is 116 Å². The Kier molecular flexibility index (Phi) is 14.2. The Balaban J connectivity index is 0. The Morgan fingerprint density at radius 2 is 1.57 bits per heavy atom. The molecule has 4 heteroatoms. The van der Waals surface area contributed by atoms with Gasteiger partial charge in [0.25, 0.3) is 0 Å². The molecular weight excluding hydrogens is 323 g/mol. The van der Waals surface area contributed by atoms with E-state index in [0.29, 0.717) is 0 Å². The van der Waals surface area contributed by atoms with Crippen LogP contribution in [-0.2, 0) is 0 Å². The molecule has 0 radical (unpaired) electrons. The summed E-state index contributed by atoms with van der Waals surface area (Å²) in [4.78, 5) is 0. The first-order valence-electron chi connectivity index (χ1n) is 4.12. The summed E-state index contributed by atoms with van der Waals surface area (Å²) in [7, 11) is 0. The second kappa shape index (κ2) is 10.6. The van der Waals surface area contributed by atoms with Gasteiger partial charge in [0.05, 0.1) is 0 Å². The van der Waals surface area contributed by atoms with Gasteiger partial charge < -0.3 is 9.47 Å². The number of hydrogen-bond donors (Lipinski definition) is 0. The smallest absolute Gasteiger partial charge is 0.620 e. The molecule has 1 aromatic rings. The molecule has 1 aliphatic rings. The second-order valence-electron chi connectivity index (χ2n) is 2.28. The van der Waals surface area contributed by atoms with Crippen LogP contribution >= 0.6 is 0 Å². The summed E-state index contributed by atoms with van der Waals surface area (Å²) in [6, 6.07) is 5.83. The summed E-state index contributed by atoms with van der Waals surface area (Å²) < 4.78 is 10.0. The maximum Gasteiger partial charge on any atom is 1.00 e. The number of benzene rings is 1. The topological polar surface area (TPSA) is 18.5 Å². The van der Waals surface area contributed by atoms with Crippen molar-refractivity contribution in [2.75, 3.05) is 0 Å². The SMILES string of the molecule is CC.Cc1ccc2c(c1)O[CH-]O2.[Rb+].[Rb+]. The minimum atomic E-state index is 0. The van der Waals surface area contributed by atoms with Crippen molar-refractivity contribution in [2.24, 2.45) is 0 Å². The predicted octanol–water partition coefficient (Wildman–Crippen LogP) is -3.08. The molecule has 0 fully saturated rings. The summed E-state index contributed by atoms with van der Waals surface area (Å²) >= 11 is 0. The normalized spacial score (nSPS) is 10.2. The molecule has 0 amide bonds. The van der Waals surface area contributed by atoms with Gasteiger partial charge in [-0.25, -0.2) is 0 Å². The van der Waals surface area contributed by atoms with E-state index in [-0.39, 0.29) is 116 Å². The number of ether oxygens (including phenoxy) is 2. The maximum atomic E-state index is 5.03.